The summed E-state index contributed by atoms with van der Waals surface area (Å²) in [6.07, 6.45) is 3.80. The lowest BCUT2D eigenvalue weighted by Crippen LogP contribution is -2.21. The van der Waals surface area contributed by atoms with E-state index in [1.165, 1.54) is 6.04 Å². The Morgan fingerprint density at radius 3 is 2.89 bits per heavy atom. The van der Waals surface area contributed by atoms with Gasteiger partial charge >= 0.3 is 0 Å². The highest BCUT2D eigenvalue weighted by Gasteiger charge is 2.12. The maximum absolute atomic E-state index is 5.86. The summed E-state index contributed by atoms with van der Waals surface area (Å²) in [5.41, 5.74) is 1.06. The third-order valence-corrected chi connectivity index (χ3v) is 4.76. The standard InChI is InChI=1S/C13H19ClN2OSi/c1-18(2,3)7-6-17-10-16-5-4-11-8-13(14)15-9-12(11)16/h4-5,8-9H,6-7,10H2,1-3H3. The van der Waals surface area contributed by atoms with Crippen molar-refractivity contribution < 1.29 is 4.74 Å². The minimum Gasteiger partial charge on any atom is -0.361 e. The van der Waals surface area contributed by atoms with E-state index in [1.807, 2.05) is 18.3 Å². The summed E-state index contributed by atoms with van der Waals surface area (Å²) in [6, 6.07) is 5.09. The molecular formula is C13H19ClN2OSi. The molecule has 0 aliphatic heterocycles. The molecule has 0 fully saturated rings. The van der Waals surface area contributed by atoms with Crippen molar-refractivity contribution in [1.29, 1.82) is 0 Å². The predicted molar refractivity (Wildman–Crippen MR) is 78.8 cm³/mol. The van der Waals surface area contributed by atoms with E-state index in [-0.39, 0.29) is 0 Å². The molecule has 5 heteroatoms. The quantitative estimate of drug-likeness (QED) is 0.471. The molecule has 2 aromatic heterocycles. The molecule has 0 aliphatic carbocycles. The molecule has 2 heterocycles. The number of rotatable bonds is 5. The van der Waals surface area contributed by atoms with Gasteiger partial charge in [0, 0.05) is 26.3 Å². The van der Waals surface area contributed by atoms with E-state index in [0.29, 0.717) is 11.9 Å². The normalized spacial score (nSPS) is 12.2. The van der Waals surface area contributed by atoms with Crippen LogP contribution in [0.3, 0.4) is 0 Å². The Kier molecular flexibility index (Phi) is 4.09. The number of pyridine rings is 1. The molecule has 0 amide bonds. The number of ether oxygens (including phenoxy) is 1. The number of fused-ring (bicyclic) bond motifs is 1. The second kappa shape index (κ2) is 5.43. The fourth-order valence-electron chi connectivity index (χ4n) is 1.71. The Labute approximate surface area is 114 Å². The van der Waals surface area contributed by atoms with Gasteiger partial charge < -0.3 is 9.30 Å². The lowest BCUT2D eigenvalue weighted by molar-refractivity contribution is 0.0902. The number of hydrogen-bond acceptors (Lipinski definition) is 2. The Morgan fingerprint density at radius 2 is 2.17 bits per heavy atom. The Balaban J connectivity index is 1.96. The Bertz CT molecular complexity index is 533. The molecule has 0 saturated carbocycles. The molecule has 0 unspecified atom stereocenters. The van der Waals surface area contributed by atoms with Crippen LogP contribution in [0.25, 0.3) is 10.9 Å². The van der Waals surface area contributed by atoms with Crippen molar-refractivity contribution in [2.45, 2.75) is 32.4 Å². The largest absolute Gasteiger partial charge is 0.361 e. The monoisotopic (exact) mass is 282 g/mol. The highest BCUT2D eigenvalue weighted by Crippen LogP contribution is 2.18. The maximum Gasteiger partial charge on any atom is 0.129 e. The molecule has 0 saturated heterocycles. The number of aromatic nitrogens is 2. The zero-order valence-electron chi connectivity index (χ0n) is 11.1. The number of halogens is 1. The SMILES string of the molecule is C[Si](C)(C)CCOCn1ccc2cc(Cl)ncc21. The molecule has 2 aromatic rings. The van der Waals surface area contributed by atoms with Crippen LogP contribution in [-0.4, -0.2) is 24.2 Å². The van der Waals surface area contributed by atoms with Crippen molar-refractivity contribution in [3.8, 4) is 0 Å². The topological polar surface area (TPSA) is 27.1 Å². The van der Waals surface area contributed by atoms with Crippen molar-refractivity contribution in [2.75, 3.05) is 6.61 Å². The first-order valence-electron chi connectivity index (χ1n) is 6.14. The smallest absolute Gasteiger partial charge is 0.129 e. The molecule has 0 N–H and O–H groups in total. The molecule has 0 bridgehead atoms. The zero-order valence-corrected chi connectivity index (χ0v) is 12.9. The summed E-state index contributed by atoms with van der Waals surface area (Å²) < 4.78 is 7.79. The highest BCUT2D eigenvalue weighted by atomic mass is 35.5. The van der Waals surface area contributed by atoms with Crippen molar-refractivity contribution in [2.24, 2.45) is 0 Å². The third-order valence-electron chi connectivity index (χ3n) is 2.85. The van der Waals surface area contributed by atoms with Crippen molar-refractivity contribution in [3.63, 3.8) is 0 Å². The first-order valence-corrected chi connectivity index (χ1v) is 10.2. The van der Waals surface area contributed by atoms with Gasteiger partial charge in [-0.1, -0.05) is 31.2 Å². The van der Waals surface area contributed by atoms with Crippen LogP contribution in [0.2, 0.25) is 30.8 Å². The van der Waals surface area contributed by atoms with Crippen LogP contribution in [0.4, 0.5) is 0 Å². The van der Waals surface area contributed by atoms with Crippen molar-refractivity contribution in [1.82, 2.24) is 9.55 Å². The lowest BCUT2D eigenvalue weighted by Gasteiger charge is -2.15. The Hall–Kier alpha value is -0.843. The van der Waals surface area contributed by atoms with Crippen molar-refractivity contribution in [3.05, 3.63) is 29.7 Å². The minimum atomic E-state index is -1.00. The second-order valence-corrected chi connectivity index (χ2v) is 11.7. The van der Waals surface area contributed by atoms with Gasteiger partial charge in [0.2, 0.25) is 0 Å². The Morgan fingerprint density at radius 1 is 1.39 bits per heavy atom. The van der Waals surface area contributed by atoms with Gasteiger partial charge in [-0.2, -0.15) is 0 Å². The van der Waals surface area contributed by atoms with Crippen LogP contribution < -0.4 is 0 Å². The first-order chi connectivity index (χ1) is 8.46. The zero-order chi connectivity index (χ0) is 13.2. The summed E-state index contributed by atoms with van der Waals surface area (Å²) in [7, 11) is -1.00. The van der Waals surface area contributed by atoms with E-state index in [2.05, 4.69) is 29.2 Å². The van der Waals surface area contributed by atoms with Gasteiger partial charge in [-0.15, -0.1) is 0 Å². The maximum atomic E-state index is 5.86. The second-order valence-electron chi connectivity index (χ2n) is 5.70. The van der Waals surface area contributed by atoms with Gasteiger partial charge in [0.25, 0.3) is 0 Å². The lowest BCUT2D eigenvalue weighted by atomic mass is 10.3. The molecule has 0 atom stereocenters. The van der Waals surface area contributed by atoms with Crippen LogP contribution >= 0.6 is 11.6 Å². The molecule has 0 spiro atoms. The van der Waals surface area contributed by atoms with Gasteiger partial charge in [-0.25, -0.2) is 4.98 Å². The molecule has 2 rings (SSSR count). The van der Waals surface area contributed by atoms with Crippen LogP contribution in [-0.2, 0) is 11.5 Å². The fourth-order valence-corrected chi connectivity index (χ4v) is 2.64. The van der Waals surface area contributed by atoms with Gasteiger partial charge in [0.15, 0.2) is 0 Å². The summed E-state index contributed by atoms with van der Waals surface area (Å²) in [5.74, 6) is 0. The third kappa shape index (κ3) is 3.57. The average Bonchev–Trinajstić information content (AvgIpc) is 2.65. The summed E-state index contributed by atoms with van der Waals surface area (Å²) in [5, 5.41) is 1.63. The van der Waals surface area contributed by atoms with E-state index in [0.717, 1.165) is 17.5 Å². The van der Waals surface area contributed by atoms with E-state index in [9.17, 15) is 0 Å². The summed E-state index contributed by atoms with van der Waals surface area (Å²) in [4.78, 5) is 4.10. The van der Waals surface area contributed by atoms with E-state index >= 15 is 0 Å². The molecule has 0 aliphatic rings. The number of hydrogen-bond donors (Lipinski definition) is 0. The summed E-state index contributed by atoms with van der Waals surface area (Å²) >= 11 is 5.86. The molecule has 0 aromatic carbocycles. The minimum absolute atomic E-state index is 0.528. The molecule has 3 nitrogen and oxygen atoms in total. The van der Waals surface area contributed by atoms with Gasteiger partial charge in [-0.3, -0.25) is 0 Å². The summed E-state index contributed by atoms with van der Waals surface area (Å²) in [6.45, 7) is 8.47. The molecule has 18 heavy (non-hydrogen) atoms. The molecule has 0 radical (unpaired) electrons. The fraction of sp³-hybridized carbons (Fsp3) is 0.462. The van der Waals surface area contributed by atoms with Crippen LogP contribution in [0.1, 0.15) is 0 Å². The van der Waals surface area contributed by atoms with Crippen LogP contribution in [0.5, 0.6) is 0 Å². The van der Waals surface area contributed by atoms with E-state index < -0.39 is 8.07 Å². The number of nitrogens with zero attached hydrogens (tertiary/aromatic N) is 2. The molecule has 98 valence electrons. The van der Waals surface area contributed by atoms with E-state index in [1.54, 1.807) is 6.20 Å². The molecular weight excluding hydrogens is 264 g/mol. The van der Waals surface area contributed by atoms with Crippen LogP contribution in [0.15, 0.2) is 24.5 Å². The van der Waals surface area contributed by atoms with E-state index in [4.69, 9.17) is 16.3 Å². The predicted octanol–water partition coefficient (Wildman–Crippen LogP) is 4.00. The van der Waals surface area contributed by atoms with Crippen molar-refractivity contribution >= 4 is 30.6 Å². The first kappa shape index (κ1) is 13.6. The van der Waals surface area contributed by atoms with Gasteiger partial charge in [-0.05, 0) is 18.2 Å². The van der Waals surface area contributed by atoms with Crippen LogP contribution in [0, 0.1) is 0 Å². The van der Waals surface area contributed by atoms with Gasteiger partial charge in [0.05, 0.1) is 11.7 Å². The van der Waals surface area contributed by atoms with Gasteiger partial charge in [0.1, 0.15) is 11.9 Å². The average molecular weight is 283 g/mol. The highest BCUT2D eigenvalue weighted by molar-refractivity contribution is 6.76.